The molecule has 0 aromatic heterocycles. The average molecular weight is 332 g/mol. The number of aryl methyl sites for hydroxylation is 3. The molecule has 0 aliphatic carbocycles. The molecule has 0 radical (unpaired) electrons. The van der Waals surface area contributed by atoms with Gasteiger partial charge in [-0.2, -0.15) is 0 Å². The lowest BCUT2D eigenvalue weighted by Crippen LogP contribution is -2.41. The van der Waals surface area contributed by atoms with E-state index in [4.69, 9.17) is 0 Å². The average Bonchev–Trinajstić information content (AvgIpc) is 3.04. The van der Waals surface area contributed by atoms with Crippen LogP contribution in [0.1, 0.15) is 33.5 Å². The van der Waals surface area contributed by atoms with E-state index in [0.29, 0.717) is 19.5 Å². The summed E-state index contributed by atoms with van der Waals surface area (Å²) in [7, 11) is 0. The predicted octanol–water partition coefficient (Wildman–Crippen LogP) is 2.52. The fraction of sp³-hybridized carbons (Fsp3) is 0.471. The van der Waals surface area contributed by atoms with Gasteiger partial charge in [-0.15, -0.1) is 0 Å². The zero-order valence-electron chi connectivity index (χ0n) is 13.6. The molecular weight excluding hydrogens is 312 g/mol. The smallest absolute Gasteiger partial charge is 0.289 e. The first kappa shape index (κ1) is 16.1. The molecule has 23 heavy (non-hydrogen) atoms. The van der Waals surface area contributed by atoms with Crippen molar-refractivity contribution in [3.05, 3.63) is 34.4 Å². The predicted molar refractivity (Wildman–Crippen MR) is 89.7 cm³/mol. The number of imide groups is 1. The van der Waals surface area contributed by atoms with E-state index in [-0.39, 0.29) is 28.8 Å². The Kier molecular flexibility index (Phi) is 4.19. The monoisotopic (exact) mass is 332 g/mol. The van der Waals surface area contributed by atoms with E-state index in [2.05, 4.69) is 0 Å². The summed E-state index contributed by atoms with van der Waals surface area (Å²) < 4.78 is 0. The van der Waals surface area contributed by atoms with E-state index in [0.717, 1.165) is 34.0 Å². The summed E-state index contributed by atoms with van der Waals surface area (Å²) in [6.07, 6.45) is 0.660. The quantitative estimate of drug-likeness (QED) is 0.835. The summed E-state index contributed by atoms with van der Waals surface area (Å²) in [5.74, 6) is 0.0793. The van der Waals surface area contributed by atoms with E-state index in [9.17, 15) is 14.4 Å². The molecule has 2 aliphatic heterocycles. The highest BCUT2D eigenvalue weighted by atomic mass is 32.2. The van der Waals surface area contributed by atoms with Crippen LogP contribution in [0.2, 0.25) is 0 Å². The summed E-state index contributed by atoms with van der Waals surface area (Å²) in [6.45, 7) is 6.93. The second kappa shape index (κ2) is 6.00. The molecular formula is C17H20N2O3S. The van der Waals surface area contributed by atoms with Crippen molar-refractivity contribution in [2.75, 3.05) is 18.8 Å². The van der Waals surface area contributed by atoms with Crippen molar-refractivity contribution >= 4 is 28.8 Å². The summed E-state index contributed by atoms with van der Waals surface area (Å²) in [6, 6.07) is 3.84. The van der Waals surface area contributed by atoms with Crippen LogP contribution in [-0.4, -0.2) is 51.7 Å². The van der Waals surface area contributed by atoms with Gasteiger partial charge < -0.3 is 4.90 Å². The maximum Gasteiger partial charge on any atom is 0.289 e. The zero-order valence-corrected chi connectivity index (χ0v) is 14.4. The largest absolute Gasteiger partial charge is 0.336 e. The Morgan fingerprint density at radius 3 is 2.39 bits per heavy atom. The Bertz CT molecular complexity index is 662. The van der Waals surface area contributed by atoms with Gasteiger partial charge in [0.2, 0.25) is 5.91 Å². The van der Waals surface area contributed by atoms with E-state index in [1.807, 2.05) is 32.9 Å². The van der Waals surface area contributed by atoms with E-state index >= 15 is 0 Å². The number of thioether (sulfide) groups is 1. The van der Waals surface area contributed by atoms with Crippen molar-refractivity contribution in [1.82, 2.24) is 9.80 Å². The molecule has 2 saturated heterocycles. The number of carbonyl (C=O) groups is 3. The molecule has 122 valence electrons. The third kappa shape index (κ3) is 2.87. The van der Waals surface area contributed by atoms with Crippen LogP contribution in [0.15, 0.2) is 12.1 Å². The van der Waals surface area contributed by atoms with Crippen molar-refractivity contribution in [3.63, 3.8) is 0 Å². The molecule has 1 atom stereocenters. The minimum Gasteiger partial charge on any atom is -0.336 e. The highest BCUT2D eigenvalue weighted by Crippen LogP contribution is 2.28. The first-order valence-corrected chi connectivity index (χ1v) is 8.73. The van der Waals surface area contributed by atoms with Crippen LogP contribution in [0.5, 0.6) is 0 Å². The number of hydrogen-bond donors (Lipinski definition) is 0. The van der Waals surface area contributed by atoms with Gasteiger partial charge in [0, 0.05) is 18.7 Å². The molecule has 0 spiro atoms. The van der Waals surface area contributed by atoms with Crippen molar-refractivity contribution < 1.29 is 14.4 Å². The van der Waals surface area contributed by atoms with Crippen molar-refractivity contribution in [2.45, 2.75) is 33.2 Å². The molecule has 3 amide bonds. The van der Waals surface area contributed by atoms with Gasteiger partial charge in [0.25, 0.3) is 11.1 Å². The summed E-state index contributed by atoms with van der Waals surface area (Å²) >= 11 is 1.05. The first-order chi connectivity index (χ1) is 10.9. The molecule has 2 aliphatic rings. The van der Waals surface area contributed by atoms with Gasteiger partial charge in [0.05, 0.1) is 11.8 Å². The number of rotatable bonds is 2. The van der Waals surface area contributed by atoms with Crippen molar-refractivity contribution in [2.24, 2.45) is 0 Å². The molecule has 5 nitrogen and oxygen atoms in total. The van der Waals surface area contributed by atoms with E-state index in [1.54, 1.807) is 4.90 Å². The highest BCUT2D eigenvalue weighted by molar-refractivity contribution is 8.14. The number of benzene rings is 1. The minimum absolute atomic E-state index is 0.00533. The number of carbonyl (C=O) groups excluding carboxylic acids is 3. The van der Waals surface area contributed by atoms with Crippen molar-refractivity contribution in [3.8, 4) is 0 Å². The molecule has 1 aromatic carbocycles. The normalized spacial score (nSPS) is 21.4. The Labute approximate surface area is 140 Å². The standard InChI is InChI=1S/C17H20N2O3S/c1-10-6-11(2)15(12(3)7-10)16(21)18-5-4-13(8-18)19-14(20)9-23-17(19)22/h6-7,13H,4-5,8-9H2,1-3H3. The first-order valence-electron chi connectivity index (χ1n) is 7.74. The van der Waals surface area contributed by atoms with Crippen LogP contribution >= 0.6 is 11.8 Å². The second-order valence-corrected chi connectivity index (χ2v) is 7.21. The third-order valence-corrected chi connectivity index (χ3v) is 5.33. The Balaban J connectivity index is 1.78. The van der Waals surface area contributed by atoms with Gasteiger partial charge in [-0.25, -0.2) is 0 Å². The van der Waals surface area contributed by atoms with Crippen LogP contribution in [0.25, 0.3) is 0 Å². The molecule has 0 N–H and O–H groups in total. The molecule has 1 unspecified atom stereocenters. The Morgan fingerprint density at radius 1 is 1.17 bits per heavy atom. The van der Waals surface area contributed by atoms with Crippen LogP contribution in [0, 0.1) is 20.8 Å². The zero-order chi connectivity index (χ0) is 16.7. The lowest BCUT2D eigenvalue weighted by molar-refractivity contribution is -0.126. The highest BCUT2D eigenvalue weighted by Gasteiger charge is 2.40. The number of likely N-dealkylation sites (tertiary alicyclic amines) is 1. The second-order valence-electron chi connectivity index (χ2n) is 6.29. The van der Waals surface area contributed by atoms with E-state index in [1.165, 1.54) is 4.90 Å². The molecule has 2 heterocycles. The number of nitrogens with zero attached hydrogens (tertiary/aromatic N) is 2. The van der Waals surface area contributed by atoms with Crippen molar-refractivity contribution in [1.29, 1.82) is 0 Å². The van der Waals surface area contributed by atoms with E-state index < -0.39 is 0 Å². The molecule has 3 rings (SSSR count). The maximum atomic E-state index is 12.9. The Morgan fingerprint density at radius 2 is 1.83 bits per heavy atom. The van der Waals surface area contributed by atoms with Crippen LogP contribution in [0.4, 0.5) is 4.79 Å². The number of amides is 3. The molecule has 2 fully saturated rings. The SMILES string of the molecule is Cc1cc(C)c(C(=O)N2CCC(N3C(=O)CSC3=O)C2)c(C)c1. The fourth-order valence-electron chi connectivity index (χ4n) is 3.53. The van der Waals surface area contributed by atoms with Crippen LogP contribution < -0.4 is 0 Å². The fourth-order valence-corrected chi connectivity index (χ4v) is 4.31. The van der Waals surface area contributed by atoms with Gasteiger partial charge in [0.1, 0.15) is 0 Å². The van der Waals surface area contributed by atoms with Gasteiger partial charge in [-0.1, -0.05) is 29.5 Å². The van der Waals surface area contributed by atoms with Crippen LogP contribution in [-0.2, 0) is 4.79 Å². The maximum absolute atomic E-state index is 12.9. The lowest BCUT2D eigenvalue weighted by atomic mass is 9.99. The summed E-state index contributed by atoms with van der Waals surface area (Å²) in [4.78, 5) is 39.6. The summed E-state index contributed by atoms with van der Waals surface area (Å²) in [5, 5.41) is -0.183. The lowest BCUT2D eigenvalue weighted by Gasteiger charge is -2.23. The molecule has 1 aromatic rings. The van der Waals surface area contributed by atoms with Gasteiger partial charge >= 0.3 is 0 Å². The van der Waals surface area contributed by atoms with Crippen LogP contribution in [0.3, 0.4) is 0 Å². The Hall–Kier alpha value is -1.82. The topological polar surface area (TPSA) is 57.7 Å². The molecule has 0 saturated carbocycles. The van der Waals surface area contributed by atoms with Gasteiger partial charge in [-0.05, 0) is 38.3 Å². The summed E-state index contributed by atoms with van der Waals surface area (Å²) in [5.41, 5.74) is 3.82. The molecule has 6 heteroatoms. The van der Waals surface area contributed by atoms with Gasteiger partial charge in [0.15, 0.2) is 0 Å². The molecule has 0 bridgehead atoms. The number of hydrogen-bond acceptors (Lipinski definition) is 4. The minimum atomic E-state index is -0.183. The van der Waals surface area contributed by atoms with Gasteiger partial charge in [-0.3, -0.25) is 19.3 Å². The third-order valence-electron chi connectivity index (χ3n) is 4.49.